The van der Waals surface area contributed by atoms with Crippen LogP contribution in [0.4, 0.5) is 0 Å². The lowest BCUT2D eigenvalue weighted by molar-refractivity contribution is -0.152. The van der Waals surface area contributed by atoms with E-state index >= 15 is 0 Å². The van der Waals surface area contributed by atoms with Crippen molar-refractivity contribution in [1.82, 2.24) is 0 Å². The summed E-state index contributed by atoms with van der Waals surface area (Å²) in [5, 5.41) is 0. The SMILES string of the molecule is COC(=O)C(N)(COC1CCCC(C)C1)C1CC1. The highest BCUT2D eigenvalue weighted by Crippen LogP contribution is 2.39. The summed E-state index contributed by atoms with van der Waals surface area (Å²) in [7, 11) is 1.40. The molecule has 2 saturated carbocycles. The van der Waals surface area contributed by atoms with Crippen molar-refractivity contribution in [1.29, 1.82) is 0 Å². The van der Waals surface area contributed by atoms with Crippen LogP contribution in [0.25, 0.3) is 0 Å². The minimum absolute atomic E-state index is 0.242. The molecule has 0 saturated heterocycles. The minimum Gasteiger partial charge on any atom is -0.468 e. The van der Waals surface area contributed by atoms with Gasteiger partial charge in [0.05, 0.1) is 19.8 Å². The van der Waals surface area contributed by atoms with E-state index in [-0.39, 0.29) is 18.0 Å². The Morgan fingerprint density at radius 1 is 1.33 bits per heavy atom. The summed E-state index contributed by atoms with van der Waals surface area (Å²) in [5.41, 5.74) is 5.29. The monoisotopic (exact) mass is 255 g/mol. The Bertz CT molecular complexity index is 303. The van der Waals surface area contributed by atoms with Crippen LogP contribution in [-0.4, -0.2) is 31.3 Å². The maximum Gasteiger partial charge on any atom is 0.328 e. The van der Waals surface area contributed by atoms with Crippen LogP contribution in [0.5, 0.6) is 0 Å². The van der Waals surface area contributed by atoms with Crippen LogP contribution in [0.3, 0.4) is 0 Å². The number of ether oxygens (including phenoxy) is 2. The van der Waals surface area contributed by atoms with Gasteiger partial charge in [0.2, 0.25) is 0 Å². The highest BCUT2D eigenvalue weighted by molar-refractivity contribution is 5.81. The van der Waals surface area contributed by atoms with Crippen LogP contribution < -0.4 is 5.73 Å². The maximum absolute atomic E-state index is 11.8. The molecular formula is C14H25NO3. The average Bonchev–Trinajstić information content (AvgIpc) is 3.19. The number of esters is 1. The summed E-state index contributed by atoms with van der Waals surface area (Å²) in [6.07, 6.45) is 6.96. The van der Waals surface area contributed by atoms with Gasteiger partial charge in [-0.1, -0.05) is 19.8 Å². The zero-order valence-electron chi connectivity index (χ0n) is 11.5. The van der Waals surface area contributed by atoms with Crippen molar-refractivity contribution >= 4 is 5.97 Å². The highest BCUT2D eigenvalue weighted by atomic mass is 16.5. The normalized spacial score (nSPS) is 31.7. The molecule has 2 aliphatic rings. The molecule has 3 atom stereocenters. The number of hydrogen-bond donors (Lipinski definition) is 1. The number of hydrogen-bond acceptors (Lipinski definition) is 4. The number of nitrogens with two attached hydrogens (primary N) is 1. The van der Waals surface area contributed by atoms with E-state index < -0.39 is 5.54 Å². The van der Waals surface area contributed by atoms with Crippen molar-refractivity contribution in [2.45, 2.75) is 57.1 Å². The minimum atomic E-state index is -0.921. The third-order valence-corrected chi connectivity index (χ3v) is 4.32. The molecule has 4 heteroatoms. The molecule has 0 amide bonds. The Morgan fingerprint density at radius 3 is 2.61 bits per heavy atom. The molecule has 0 spiro atoms. The summed E-state index contributed by atoms with van der Waals surface area (Å²) in [6.45, 7) is 2.56. The van der Waals surface area contributed by atoms with Crippen molar-refractivity contribution < 1.29 is 14.3 Å². The van der Waals surface area contributed by atoms with Crippen molar-refractivity contribution in [3.05, 3.63) is 0 Å². The second-order valence-corrected chi connectivity index (χ2v) is 6.01. The number of methoxy groups -OCH3 is 1. The number of carbonyl (C=O) groups is 1. The van der Waals surface area contributed by atoms with Gasteiger partial charge < -0.3 is 15.2 Å². The fraction of sp³-hybridized carbons (Fsp3) is 0.929. The highest BCUT2D eigenvalue weighted by Gasteiger charge is 2.49. The van der Waals surface area contributed by atoms with Gasteiger partial charge >= 0.3 is 5.97 Å². The second kappa shape index (κ2) is 5.57. The van der Waals surface area contributed by atoms with Crippen molar-refractivity contribution in [2.75, 3.05) is 13.7 Å². The fourth-order valence-corrected chi connectivity index (χ4v) is 2.92. The molecule has 0 aromatic rings. The molecule has 0 aliphatic heterocycles. The number of carbonyl (C=O) groups excluding carboxylic acids is 1. The van der Waals surface area contributed by atoms with Crippen LogP contribution >= 0.6 is 0 Å². The van der Waals surface area contributed by atoms with Crippen LogP contribution in [0, 0.1) is 11.8 Å². The quantitative estimate of drug-likeness (QED) is 0.762. The Morgan fingerprint density at radius 2 is 2.06 bits per heavy atom. The molecule has 2 aliphatic carbocycles. The molecule has 3 unspecified atom stereocenters. The van der Waals surface area contributed by atoms with E-state index in [0.717, 1.165) is 31.6 Å². The predicted octanol–water partition coefficient (Wildman–Crippen LogP) is 1.86. The molecule has 0 bridgehead atoms. The maximum atomic E-state index is 11.8. The number of rotatable bonds is 5. The first-order valence-electron chi connectivity index (χ1n) is 7.05. The van der Waals surface area contributed by atoms with Gasteiger partial charge in [-0.25, -0.2) is 4.79 Å². The Hall–Kier alpha value is -0.610. The molecule has 4 nitrogen and oxygen atoms in total. The first-order valence-corrected chi connectivity index (χ1v) is 7.05. The molecule has 104 valence electrons. The summed E-state index contributed by atoms with van der Waals surface area (Å²) in [6, 6.07) is 0. The standard InChI is InChI=1S/C14H25NO3/c1-10-4-3-5-12(8-10)18-9-14(15,11-6-7-11)13(16)17-2/h10-12H,3-9,15H2,1-2H3. The van der Waals surface area contributed by atoms with Gasteiger partial charge in [0.25, 0.3) is 0 Å². The smallest absolute Gasteiger partial charge is 0.328 e. The summed E-state index contributed by atoms with van der Waals surface area (Å²) in [5.74, 6) is 0.634. The lowest BCUT2D eigenvalue weighted by Crippen LogP contribution is -2.55. The molecule has 0 aromatic carbocycles. The fourth-order valence-electron chi connectivity index (χ4n) is 2.92. The molecule has 2 N–H and O–H groups in total. The average molecular weight is 255 g/mol. The Balaban J connectivity index is 1.87. The lowest BCUT2D eigenvalue weighted by Gasteiger charge is -2.32. The van der Waals surface area contributed by atoms with Crippen LogP contribution in [0.2, 0.25) is 0 Å². The molecular weight excluding hydrogens is 230 g/mol. The molecule has 18 heavy (non-hydrogen) atoms. The van der Waals surface area contributed by atoms with E-state index in [0.29, 0.717) is 6.61 Å². The van der Waals surface area contributed by atoms with Gasteiger partial charge in [0, 0.05) is 0 Å². The van der Waals surface area contributed by atoms with E-state index in [1.54, 1.807) is 0 Å². The van der Waals surface area contributed by atoms with Crippen molar-refractivity contribution in [2.24, 2.45) is 17.6 Å². The summed E-state index contributed by atoms with van der Waals surface area (Å²) >= 11 is 0. The zero-order valence-corrected chi connectivity index (χ0v) is 11.5. The molecule has 2 rings (SSSR count). The first-order chi connectivity index (χ1) is 8.56. The third kappa shape index (κ3) is 3.04. The predicted molar refractivity (Wildman–Crippen MR) is 69.0 cm³/mol. The molecule has 0 heterocycles. The zero-order chi connectivity index (χ0) is 13.2. The lowest BCUT2D eigenvalue weighted by atomic mass is 9.88. The van der Waals surface area contributed by atoms with Crippen LogP contribution in [0.1, 0.15) is 45.4 Å². The summed E-state index contributed by atoms with van der Waals surface area (Å²) in [4.78, 5) is 11.8. The van der Waals surface area contributed by atoms with Gasteiger partial charge in [-0.15, -0.1) is 0 Å². The first kappa shape index (κ1) is 13.8. The van der Waals surface area contributed by atoms with Gasteiger partial charge in [-0.05, 0) is 37.5 Å². The topological polar surface area (TPSA) is 61.5 Å². The van der Waals surface area contributed by atoms with E-state index in [1.807, 2.05) is 0 Å². The summed E-state index contributed by atoms with van der Waals surface area (Å²) < 4.78 is 10.8. The largest absolute Gasteiger partial charge is 0.468 e. The van der Waals surface area contributed by atoms with Crippen LogP contribution in [0.15, 0.2) is 0 Å². The van der Waals surface area contributed by atoms with Crippen molar-refractivity contribution in [3.8, 4) is 0 Å². The third-order valence-electron chi connectivity index (χ3n) is 4.32. The van der Waals surface area contributed by atoms with Gasteiger partial charge in [-0.3, -0.25) is 0 Å². The van der Waals surface area contributed by atoms with E-state index in [1.165, 1.54) is 20.0 Å². The molecule has 2 fully saturated rings. The second-order valence-electron chi connectivity index (χ2n) is 6.01. The van der Waals surface area contributed by atoms with Gasteiger partial charge in [0.1, 0.15) is 5.54 Å². The van der Waals surface area contributed by atoms with Gasteiger partial charge in [-0.2, -0.15) is 0 Å². The van der Waals surface area contributed by atoms with E-state index in [2.05, 4.69) is 6.92 Å². The Kier molecular flexibility index (Phi) is 4.28. The van der Waals surface area contributed by atoms with E-state index in [4.69, 9.17) is 15.2 Å². The molecule has 0 aromatic heterocycles. The van der Waals surface area contributed by atoms with Crippen LogP contribution in [-0.2, 0) is 14.3 Å². The van der Waals surface area contributed by atoms with E-state index in [9.17, 15) is 4.79 Å². The molecule has 0 radical (unpaired) electrons. The Labute approximate surface area is 109 Å². The van der Waals surface area contributed by atoms with Crippen molar-refractivity contribution in [3.63, 3.8) is 0 Å². The van der Waals surface area contributed by atoms with Gasteiger partial charge in [0.15, 0.2) is 0 Å².